The highest BCUT2D eigenvalue weighted by molar-refractivity contribution is 4.41. The maximum Gasteiger partial charge on any atom is 0.125 e. The summed E-state index contributed by atoms with van der Waals surface area (Å²) in [4.78, 5) is 7.83. The molecule has 0 aliphatic rings. The van der Waals surface area contributed by atoms with Crippen molar-refractivity contribution in [3.63, 3.8) is 0 Å². The Balaban J connectivity index is 2.79. The van der Waals surface area contributed by atoms with Crippen LogP contribution in [0.15, 0.2) is 12.8 Å². The average molecular weight is 202 g/mol. The summed E-state index contributed by atoms with van der Waals surface area (Å²) in [7, 11) is 1.16. The predicted molar refractivity (Wildman–Crippen MR) is 27.0 cm³/mol. The van der Waals surface area contributed by atoms with Crippen LogP contribution in [-0.4, -0.2) is 7.11 Å². The third kappa shape index (κ3) is 11.2. The first kappa shape index (κ1) is 12.2. The van der Waals surface area contributed by atoms with Crippen molar-refractivity contribution in [2.24, 2.45) is 0 Å². The molecule has 0 aromatic carbocycles. The van der Waals surface area contributed by atoms with Gasteiger partial charge in [-0.3, -0.25) is 0 Å². The molecule has 0 saturated carbocycles. The Labute approximate surface area is 71.3 Å². The lowest BCUT2D eigenvalue weighted by Crippen LogP contribution is -2.01. The molecule has 0 amide bonds. The van der Waals surface area contributed by atoms with Crippen molar-refractivity contribution >= 4 is 0 Å². The van der Waals surface area contributed by atoms with Crippen LogP contribution in [0, 0.1) is 0 Å². The minimum Gasteiger partial charge on any atom is -0.315 e. The largest absolute Gasteiger partial charge is 0.315 e. The molecule has 0 aromatic heterocycles. The molecule has 78 valence electrons. The molecule has 0 aliphatic heterocycles. The molecule has 0 aromatic rings. The zero-order chi connectivity index (χ0) is 9.78. The van der Waals surface area contributed by atoms with Gasteiger partial charge in [-0.15, -0.1) is 0 Å². The molecule has 10 nitrogen and oxygen atoms in total. The average Bonchev–Trinajstić information content (AvgIpc) is 2.16. The summed E-state index contributed by atoms with van der Waals surface area (Å²) in [5.74, 6) is 0. The summed E-state index contributed by atoms with van der Waals surface area (Å²) in [6, 6.07) is 0. The van der Waals surface area contributed by atoms with Crippen molar-refractivity contribution in [3.05, 3.63) is 12.8 Å². The quantitative estimate of drug-likeness (QED) is 0.211. The van der Waals surface area contributed by atoms with Crippen LogP contribution in [0.25, 0.3) is 0 Å². The van der Waals surface area contributed by atoms with E-state index in [9.17, 15) is 0 Å². The van der Waals surface area contributed by atoms with Crippen LogP contribution < -0.4 is 0 Å². The zero-order valence-corrected chi connectivity index (χ0v) is 6.37. The summed E-state index contributed by atoms with van der Waals surface area (Å²) in [5.41, 5.74) is 0. The number of hydrogen-bond donors (Lipinski definition) is 0. The molecular weight excluding hydrogens is 196 g/mol. The maximum atomic E-state index is 3.94. The van der Waals surface area contributed by atoms with Crippen molar-refractivity contribution in [2.45, 2.75) is 0 Å². The second-order valence-electron chi connectivity index (χ2n) is 0.974. The SMILES string of the molecule is C=COOOOOOOOOOC. The Bertz CT molecular complexity index is 104. The van der Waals surface area contributed by atoms with Gasteiger partial charge in [-0.1, -0.05) is 6.58 Å². The normalized spacial score (nSPS) is 9.92. The predicted octanol–water partition coefficient (Wildman–Crippen LogP) is 0.161. The molecule has 0 fully saturated rings. The van der Waals surface area contributed by atoms with E-state index in [0.717, 1.165) is 13.4 Å². The molecule has 0 aliphatic carbocycles. The maximum absolute atomic E-state index is 3.94. The summed E-state index contributed by atoms with van der Waals surface area (Å²) in [6.45, 7) is 3.10. The third-order valence-electron chi connectivity index (χ3n) is 0.370. The van der Waals surface area contributed by atoms with Crippen molar-refractivity contribution in [1.29, 1.82) is 0 Å². The van der Waals surface area contributed by atoms with Gasteiger partial charge in [0.2, 0.25) is 0 Å². The number of hydrogen-bond acceptors (Lipinski definition) is 10. The fourth-order valence-corrected chi connectivity index (χ4v) is 0.140. The molecule has 0 saturated heterocycles. The van der Waals surface area contributed by atoms with E-state index in [0.29, 0.717) is 0 Å². The minimum absolute atomic E-state index is 0.913. The fraction of sp³-hybridized carbons (Fsp3) is 0.333. The van der Waals surface area contributed by atoms with E-state index in [1.54, 1.807) is 0 Å². The lowest BCUT2D eigenvalue weighted by molar-refractivity contribution is -0.842. The molecule has 0 atom stereocenters. The lowest BCUT2D eigenvalue weighted by Gasteiger charge is -1.97. The molecule has 0 radical (unpaired) electrons. The number of rotatable bonds is 10. The minimum atomic E-state index is 0.913. The van der Waals surface area contributed by atoms with E-state index in [2.05, 4.69) is 56.7 Å². The summed E-state index contributed by atoms with van der Waals surface area (Å²) in [5, 5.41) is 29.0. The molecule has 10 heteroatoms. The van der Waals surface area contributed by atoms with Gasteiger partial charge in [-0.05, 0) is 20.2 Å². The summed E-state index contributed by atoms with van der Waals surface area (Å²) >= 11 is 0. The Morgan fingerprint density at radius 1 is 0.769 bits per heavy atom. The standard InChI is InChI=1S/C3H6O10/c1-3-5-7-9-11-13-12-10-8-6-4-2/h3H,1H2,2H3. The molecular formula is C3H6O10. The summed E-state index contributed by atoms with van der Waals surface area (Å²) < 4.78 is 0. The first-order valence-corrected chi connectivity index (χ1v) is 2.55. The smallest absolute Gasteiger partial charge is 0.125 e. The van der Waals surface area contributed by atoms with Crippen LogP contribution in [0.3, 0.4) is 0 Å². The highest BCUT2D eigenvalue weighted by atomic mass is 17.9. The van der Waals surface area contributed by atoms with Gasteiger partial charge in [-0.2, -0.15) is 0 Å². The molecule has 13 heavy (non-hydrogen) atoms. The van der Waals surface area contributed by atoms with E-state index >= 15 is 0 Å². The van der Waals surface area contributed by atoms with Crippen LogP contribution in [0.4, 0.5) is 0 Å². The van der Waals surface area contributed by atoms with E-state index in [1.807, 2.05) is 0 Å². The monoisotopic (exact) mass is 202 g/mol. The lowest BCUT2D eigenvalue weighted by atomic mass is 11.2. The van der Waals surface area contributed by atoms with Crippen molar-refractivity contribution < 1.29 is 50.1 Å². The first-order valence-electron chi connectivity index (χ1n) is 2.55. The third-order valence-corrected chi connectivity index (χ3v) is 0.370. The van der Waals surface area contributed by atoms with Gasteiger partial charge in [0.1, 0.15) is 6.26 Å². The van der Waals surface area contributed by atoms with Crippen molar-refractivity contribution in [2.75, 3.05) is 7.11 Å². The molecule has 0 spiro atoms. The molecule has 0 bridgehead atoms. The second-order valence-corrected chi connectivity index (χ2v) is 0.974. The van der Waals surface area contributed by atoms with Crippen LogP contribution in [0.2, 0.25) is 0 Å². The van der Waals surface area contributed by atoms with Crippen LogP contribution >= 0.6 is 0 Å². The zero-order valence-electron chi connectivity index (χ0n) is 6.37. The van der Waals surface area contributed by atoms with Gasteiger partial charge in [0.05, 0.1) is 7.11 Å². The first-order chi connectivity index (χ1) is 6.41. The van der Waals surface area contributed by atoms with Gasteiger partial charge in [0.15, 0.2) is 0 Å². The molecule has 0 heterocycles. The molecule has 0 unspecified atom stereocenters. The fourth-order valence-electron chi connectivity index (χ4n) is 0.140. The molecule has 0 N–H and O–H groups in total. The Hall–Kier alpha value is -0.820. The molecule has 0 rings (SSSR count). The van der Waals surface area contributed by atoms with E-state index in [-0.39, 0.29) is 0 Å². The summed E-state index contributed by atoms with van der Waals surface area (Å²) in [6.07, 6.45) is 0.913. The highest BCUT2D eigenvalue weighted by Gasteiger charge is 1.94. The van der Waals surface area contributed by atoms with Gasteiger partial charge in [0, 0.05) is 20.2 Å². The Morgan fingerprint density at radius 2 is 1.23 bits per heavy atom. The van der Waals surface area contributed by atoms with Crippen molar-refractivity contribution in [3.8, 4) is 0 Å². The van der Waals surface area contributed by atoms with Gasteiger partial charge >= 0.3 is 0 Å². The second kappa shape index (κ2) is 11.2. The highest BCUT2D eigenvalue weighted by Crippen LogP contribution is 1.89. The van der Waals surface area contributed by atoms with Crippen LogP contribution in [-0.2, 0) is 50.1 Å². The van der Waals surface area contributed by atoms with E-state index in [4.69, 9.17) is 0 Å². The van der Waals surface area contributed by atoms with Gasteiger partial charge < -0.3 is 4.89 Å². The van der Waals surface area contributed by atoms with Crippen LogP contribution in [0.1, 0.15) is 0 Å². The van der Waals surface area contributed by atoms with E-state index in [1.165, 1.54) is 0 Å². The van der Waals surface area contributed by atoms with Crippen LogP contribution in [0.5, 0.6) is 0 Å². The Morgan fingerprint density at radius 3 is 1.69 bits per heavy atom. The van der Waals surface area contributed by atoms with Gasteiger partial charge in [0.25, 0.3) is 0 Å². The Kier molecular flexibility index (Phi) is 10.5. The van der Waals surface area contributed by atoms with Gasteiger partial charge in [-0.25, -0.2) is 4.89 Å². The topological polar surface area (TPSA) is 92.3 Å². The van der Waals surface area contributed by atoms with E-state index < -0.39 is 0 Å². The van der Waals surface area contributed by atoms with Crippen molar-refractivity contribution in [1.82, 2.24) is 0 Å².